The lowest BCUT2D eigenvalue weighted by atomic mass is 10.1. The third-order valence-corrected chi connectivity index (χ3v) is 3.06. The number of methoxy groups -OCH3 is 2. The van der Waals surface area contributed by atoms with Crippen molar-refractivity contribution in [3.63, 3.8) is 0 Å². The van der Waals surface area contributed by atoms with Crippen molar-refractivity contribution in [3.8, 4) is 11.5 Å². The molecule has 0 atom stereocenters. The van der Waals surface area contributed by atoms with Gasteiger partial charge in [0.15, 0.2) is 0 Å². The van der Waals surface area contributed by atoms with Crippen molar-refractivity contribution in [2.45, 2.75) is 6.92 Å². The third kappa shape index (κ3) is 3.44. The zero-order chi connectivity index (χ0) is 16.1. The van der Waals surface area contributed by atoms with Crippen LogP contribution in [0.3, 0.4) is 0 Å². The molecular weight excluding hydrogens is 284 g/mol. The van der Waals surface area contributed by atoms with Crippen molar-refractivity contribution in [2.24, 2.45) is 0 Å². The topological polar surface area (TPSA) is 61.8 Å². The van der Waals surface area contributed by atoms with Crippen molar-refractivity contribution in [1.82, 2.24) is 0 Å². The van der Waals surface area contributed by atoms with Gasteiger partial charge < -0.3 is 14.2 Å². The summed E-state index contributed by atoms with van der Waals surface area (Å²) in [5, 5.41) is 0. The van der Waals surface area contributed by atoms with Crippen LogP contribution in [0.1, 0.15) is 26.3 Å². The summed E-state index contributed by atoms with van der Waals surface area (Å²) in [5.41, 5.74) is 1.66. The third-order valence-electron chi connectivity index (χ3n) is 3.06. The van der Waals surface area contributed by atoms with Crippen molar-refractivity contribution < 1.29 is 23.8 Å². The Morgan fingerprint density at radius 2 is 1.59 bits per heavy atom. The van der Waals surface area contributed by atoms with E-state index >= 15 is 0 Å². The molecule has 0 radical (unpaired) electrons. The molecular formula is C17H16O5. The molecule has 0 saturated heterocycles. The first-order valence-electron chi connectivity index (χ1n) is 6.60. The molecule has 2 rings (SSSR count). The van der Waals surface area contributed by atoms with Crippen LogP contribution in [-0.2, 0) is 4.74 Å². The normalized spacial score (nSPS) is 9.95. The Balaban J connectivity index is 2.18. The zero-order valence-corrected chi connectivity index (χ0v) is 12.6. The number of carbonyl (C=O) groups is 2. The Bertz CT molecular complexity index is 689. The molecule has 2 aromatic rings. The van der Waals surface area contributed by atoms with Crippen molar-refractivity contribution >= 4 is 11.9 Å². The van der Waals surface area contributed by atoms with E-state index in [-0.39, 0.29) is 0 Å². The quantitative estimate of drug-likeness (QED) is 0.641. The lowest BCUT2D eigenvalue weighted by Gasteiger charge is -2.09. The van der Waals surface area contributed by atoms with Gasteiger partial charge >= 0.3 is 11.9 Å². The number of aryl methyl sites for hydroxylation is 1. The molecule has 0 N–H and O–H groups in total. The number of rotatable bonds is 4. The smallest absolute Gasteiger partial charge is 0.347 e. The summed E-state index contributed by atoms with van der Waals surface area (Å²) in [5.74, 6) is -0.187. The van der Waals surface area contributed by atoms with Gasteiger partial charge in [-0.05, 0) is 43.3 Å². The van der Waals surface area contributed by atoms with Crippen LogP contribution in [0.25, 0.3) is 0 Å². The highest BCUT2D eigenvalue weighted by Crippen LogP contribution is 2.22. The standard InChI is InChI=1S/C17H16O5/c1-11-4-9-15(20-2)14(10-11)17(19)22-13-7-5-12(6-8-13)16(18)21-3/h4-10H,1-3H3. The number of hydrogen-bond donors (Lipinski definition) is 0. The summed E-state index contributed by atoms with van der Waals surface area (Å²) in [7, 11) is 2.80. The maximum absolute atomic E-state index is 12.2. The minimum absolute atomic E-state index is 0.334. The molecule has 0 heterocycles. The monoisotopic (exact) mass is 300 g/mol. The number of ether oxygens (including phenoxy) is 3. The molecule has 0 amide bonds. The van der Waals surface area contributed by atoms with Crippen LogP contribution in [0.2, 0.25) is 0 Å². The average Bonchev–Trinajstić information content (AvgIpc) is 2.54. The first kappa shape index (κ1) is 15.6. The summed E-state index contributed by atoms with van der Waals surface area (Å²) >= 11 is 0. The lowest BCUT2D eigenvalue weighted by molar-refractivity contribution is 0.0600. The summed E-state index contributed by atoms with van der Waals surface area (Å²) in [6.07, 6.45) is 0. The predicted molar refractivity (Wildman–Crippen MR) is 80.5 cm³/mol. The van der Waals surface area contributed by atoms with E-state index in [4.69, 9.17) is 9.47 Å². The highest BCUT2D eigenvalue weighted by Gasteiger charge is 2.15. The molecule has 22 heavy (non-hydrogen) atoms. The molecule has 0 spiro atoms. The van der Waals surface area contributed by atoms with Crippen molar-refractivity contribution in [1.29, 1.82) is 0 Å². The Kier molecular flexibility index (Phi) is 4.78. The van der Waals surface area contributed by atoms with Crippen LogP contribution in [0.15, 0.2) is 42.5 Å². The fourth-order valence-electron chi connectivity index (χ4n) is 1.92. The van der Waals surface area contributed by atoms with E-state index in [2.05, 4.69) is 4.74 Å². The number of esters is 2. The second-order valence-corrected chi connectivity index (χ2v) is 4.61. The first-order valence-corrected chi connectivity index (χ1v) is 6.60. The SMILES string of the molecule is COC(=O)c1ccc(OC(=O)c2cc(C)ccc2OC)cc1. The summed E-state index contributed by atoms with van der Waals surface area (Å²) < 4.78 is 15.1. The summed E-state index contributed by atoms with van der Waals surface area (Å²) in [4.78, 5) is 23.6. The van der Waals surface area contributed by atoms with Crippen LogP contribution in [-0.4, -0.2) is 26.2 Å². The second kappa shape index (κ2) is 6.76. The fourth-order valence-corrected chi connectivity index (χ4v) is 1.92. The Morgan fingerprint density at radius 1 is 0.909 bits per heavy atom. The van der Waals surface area contributed by atoms with E-state index in [1.807, 2.05) is 13.0 Å². The van der Waals surface area contributed by atoms with Crippen LogP contribution in [0.5, 0.6) is 11.5 Å². The fraction of sp³-hybridized carbons (Fsp3) is 0.176. The van der Waals surface area contributed by atoms with Crippen LogP contribution < -0.4 is 9.47 Å². The molecule has 0 aliphatic carbocycles. The molecule has 0 aromatic heterocycles. The predicted octanol–water partition coefficient (Wildman–Crippen LogP) is 3.01. The molecule has 0 aliphatic rings. The highest BCUT2D eigenvalue weighted by molar-refractivity contribution is 5.94. The van der Waals surface area contributed by atoms with Crippen LogP contribution in [0, 0.1) is 6.92 Å². The highest BCUT2D eigenvalue weighted by atomic mass is 16.5. The van der Waals surface area contributed by atoms with Gasteiger partial charge in [0.2, 0.25) is 0 Å². The minimum Gasteiger partial charge on any atom is -0.496 e. The molecule has 5 nitrogen and oxygen atoms in total. The molecule has 0 aliphatic heterocycles. The number of carbonyl (C=O) groups excluding carboxylic acids is 2. The van der Waals surface area contributed by atoms with Gasteiger partial charge in [0, 0.05) is 0 Å². The number of hydrogen-bond acceptors (Lipinski definition) is 5. The van der Waals surface area contributed by atoms with E-state index in [0.29, 0.717) is 22.6 Å². The van der Waals surface area contributed by atoms with Gasteiger partial charge in [0.05, 0.1) is 19.8 Å². The Morgan fingerprint density at radius 3 is 2.18 bits per heavy atom. The molecule has 0 unspecified atom stereocenters. The Hall–Kier alpha value is -2.82. The molecule has 5 heteroatoms. The summed E-state index contributed by atoms with van der Waals surface area (Å²) in [6.45, 7) is 1.88. The van der Waals surface area contributed by atoms with E-state index in [1.54, 1.807) is 12.1 Å². The molecule has 0 bridgehead atoms. The van der Waals surface area contributed by atoms with E-state index in [9.17, 15) is 9.59 Å². The zero-order valence-electron chi connectivity index (χ0n) is 12.6. The van der Waals surface area contributed by atoms with Gasteiger partial charge in [0.25, 0.3) is 0 Å². The number of benzene rings is 2. The lowest BCUT2D eigenvalue weighted by Crippen LogP contribution is -2.10. The van der Waals surface area contributed by atoms with Gasteiger partial charge in [-0.2, -0.15) is 0 Å². The second-order valence-electron chi connectivity index (χ2n) is 4.61. The molecule has 114 valence electrons. The molecule has 0 saturated carbocycles. The van der Waals surface area contributed by atoms with Gasteiger partial charge in [0.1, 0.15) is 17.1 Å². The average molecular weight is 300 g/mol. The summed E-state index contributed by atoms with van der Waals surface area (Å²) in [6, 6.07) is 11.4. The van der Waals surface area contributed by atoms with Crippen LogP contribution in [0.4, 0.5) is 0 Å². The van der Waals surface area contributed by atoms with E-state index in [1.165, 1.54) is 38.5 Å². The largest absolute Gasteiger partial charge is 0.496 e. The van der Waals surface area contributed by atoms with E-state index in [0.717, 1.165) is 5.56 Å². The first-order chi connectivity index (χ1) is 10.5. The molecule has 2 aromatic carbocycles. The minimum atomic E-state index is -0.522. The van der Waals surface area contributed by atoms with Gasteiger partial charge in [-0.3, -0.25) is 0 Å². The van der Waals surface area contributed by atoms with Crippen LogP contribution >= 0.6 is 0 Å². The molecule has 0 fully saturated rings. The Labute approximate surface area is 128 Å². The van der Waals surface area contributed by atoms with Gasteiger partial charge in [-0.25, -0.2) is 9.59 Å². The maximum Gasteiger partial charge on any atom is 0.347 e. The van der Waals surface area contributed by atoms with Gasteiger partial charge in [-0.15, -0.1) is 0 Å². The van der Waals surface area contributed by atoms with Crippen molar-refractivity contribution in [3.05, 3.63) is 59.2 Å². The van der Waals surface area contributed by atoms with Gasteiger partial charge in [-0.1, -0.05) is 11.6 Å². The van der Waals surface area contributed by atoms with Crippen molar-refractivity contribution in [2.75, 3.05) is 14.2 Å². The van der Waals surface area contributed by atoms with E-state index < -0.39 is 11.9 Å². The maximum atomic E-state index is 12.2.